The molecule has 0 fully saturated rings. The first-order chi connectivity index (χ1) is 41.0. The highest BCUT2D eigenvalue weighted by Gasteiger charge is 2.19. The van der Waals surface area contributed by atoms with Crippen LogP contribution < -0.4 is 0 Å². The average molecular weight is 1150 g/mol. The second-order valence-electron chi connectivity index (χ2n) is 22.7. The Kier molecular flexibility index (Phi) is 66.3. The number of ether oxygens (including phenoxy) is 3. The number of esters is 3. The standard InChI is InChI=1S/C77H128O6/c1-4-7-10-13-16-18-20-22-24-26-28-30-32-34-36-37-38-39-41-42-44-46-48-50-52-54-56-58-61-64-67-70-76(79)82-73-74(72-81-75(78)69-66-63-60-15-12-9-6-3)83-77(80)71-68-65-62-59-57-55-53-51-49-47-45-43-40-35-33-31-29-27-25-23-21-19-17-14-11-8-5-2/h7-8,10-11,16-19,22-25,28-31,34-36,40,45,47,74H,4-6,9,12-15,20-21,26-27,32-33,37-39,41-44,46,48-73H2,1-3H3/b10-7-,11-8-,18-16-,19-17-,24-22-,25-23-,30-28-,31-29-,36-34-,40-35-,47-45-. The minimum absolute atomic E-state index is 0.0814. The third kappa shape index (κ3) is 68.2. The molecule has 0 spiro atoms. The van der Waals surface area contributed by atoms with E-state index in [1.165, 1.54) is 141 Å². The summed E-state index contributed by atoms with van der Waals surface area (Å²) in [5.74, 6) is -0.890. The second kappa shape index (κ2) is 70.0. The predicted molar refractivity (Wildman–Crippen MR) is 362 cm³/mol. The Bertz CT molecular complexity index is 1750. The van der Waals surface area contributed by atoms with Gasteiger partial charge in [0.2, 0.25) is 0 Å². The Hall–Kier alpha value is -4.45. The van der Waals surface area contributed by atoms with Crippen molar-refractivity contribution in [3.8, 4) is 0 Å². The zero-order valence-electron chi connectivity index (χ0n) is 54.2. The first-order valence-corrected chi connectivity index (χ1v) is 34.7. The summed E-state index contributed by atoms with van der Waals surface area (Å²) in [6.07, 6.45) is 99.3. The molecule has 0 aliphatic heterocycles. The molecule has 0 radical (unpaired) electrons. The lowest BCUT2D eigenvalue weighted by atomic mass is 10.0. The lowest BCUT2D eigenvalue weighted by Gasteiger charge is -2.18. The van der Waals surface area contributed by atoms with Crippen LogP contribution in [0, 0.1) is 0 Å². The fraction of sp³-hybridized carbons (Fsp3) is 0.675. The predicted octanol–water partition coefficient (Wildman–Crippen LogP) is 24.1. The van der Waals surface area contributed by atoms with Gasteiger partial charge in [0.05, 0.1) is 0 Å². The summed E-state index contributed by atoms with van der Waals surface area (Å²) in [5.41, 5.74) is 0. The zero-order valence-corrected chi connectivity index (χ0v) is 54.2. The smallest absolute Gasteiger partial charge is 0.306 e. The van der Waals surface area contributed by atoms with E-state index in [4.69, 9.17) is 14.2 Å². The summed E-state index contributed by atoms with van der Waals surface area (Å²) in [4.78, 5) is 38.2. The Labute approximate surface area is 513 Å². The van der Waals surface area contributed by atoms with Crippen molar-refractivity contribution in [1.29, 1.82) is 0 Å². The van der Waals surface area contributed by atoms with Gasteiger partial charge in [-0.2, -0.15) is 0 Å². The summed E-state index contributed by atoms with van der Waals surface area (Å²) >= 11 is 0. The molecule has 0 aliphatic rings. The monoisotopic (exact) mass is 1150 g/mol. The minimum atomic E-state index is -0.784. The van der Waals surface area contributed by atoms with E-state index in [1.54, 1.807) is 0 Å². The van der Waals surface area contributed by atoms with E-state index in [-0.39, 0.29) is 31.1 Å². The maximum Gasteiger partial charge on any atom is 0.306 e. The lowest BCUT2D eigenvalue weighted by Crippen LogP contribution is -2.30. The molecule has 0 heterocycles. The number of allylic oxidation sites excluding steroid dienone is 22. The van der Waals surface area contributed by atoms with Crippen molar-refractivity contribution in [2.24, 2.45) is 0 Å². The Balaban J connectivity index is 4.11. The molecule has 0 aromatic heterocycles. The van der Waals surface area contributed by atoms with Gasteiger partial charge in [-0.15, -0.1) is 0 Å². The van der Waals surface area contributed by atoms with Crippen molar-refractivity contribution in [3.63, 3.8) is 0 Å². The molecule has 83 heavy (non-hydrogen) atoms. The van der Waals surface area contributed by atoms with Crippen LogP contribution in [0.15, 0.2) is 134 Å². The molecule has 472 valence electrons. The van der Waals surface area contributed by atoms with Gasteiger partial charge in [0.25, 0.3) is 0 Å². The van der Waals surface area contributed by atoms with Crippen LogP contribution in [0.2, 0.25) is 0 Å². The number of carbonyl (C=O) groups is 3. The van der Waals surface area contributed by atoms with Crippen molar-refractivity contribution < 1.29 is 28.6 Å². The van der Waals surface area contributed by atoms with Crippen LogP contribution in [0.3, 0.4) is 0 Å². The van der Waals surface area contributed by atoms with E-state index in [1.807, 2.05) is 0 Å². The molecule has 0 rings (SSSR count). The van der Waals surface area contributed by atoms with Crippen molar-refractivity contribution in [1.82, 2.24) is 0 Å². The van der Waals surface area contributed by atoms with Crippen LogP contribution in [-0.4, -0.2) is 37.2 Å². The van der Waals surface area contributed by atoms with Crippen LogP contribution in [-0.2, 0) is 28.6 Å². The normalized spacial score (nSPS) is 13.0. The number of unbranched alkanes of at least 4 members (excludes halogenated alkanes) is 29. The molecule has 6 nitrogen and oxygen atoms in total. The SMILES string of the molecule is CC/C=C\C/C=C\C/C=C\C/C=C\C/C=C\C/C=C\CCCCCCCCCCC(=O)OC(COC(=O)CCCCCCCCC)COC(=O)CCCCCCCCCCCCCCCCC/C=C\C/C=C\C/C=C\C/C=C\C/C=C\CC. The number of carbonyl (C=O) groups excluding carboxylic acids is 3. The molecule has 0 aromatic carbocycles. The van der Waals surface area contributed by atoms with Crippen LogP contribution in [0.25, 0.3) is 0 Å². The van der Waals surface area contributed by atoms with Crippen LogP contribution in [0.4, 0.5) is 0 Å². The van der Waals surface area contributed by atoms with Gasteiger partial charge in [0.1, 0.15) is 13.2 Å². The van der Waals surface area contributed by atoms with Gasteiger partial charge in [-0.3, -0.25) is 14.4 Å². The summed E-state index contributed by atoms with van der Waals surface area (Å²) < 4.78 is 16.9. The Morgan fingerprint density at radius 2 is 0.470 bits per heavy atom. The molecule has 0 N–H and O–H groups in total. The Morgan fingerprint density at radius 1 is 0.253 bits per heavy atom. The molecular formula is C77H128O6. The van der Waals surface area contributed by atoms with Gasteiger partial charge in [-0.05, 0) is 116 Å². The van der Waals surface area contributed by atoms with Crippen molar-refractivity contribution >= 4 is 17.9 Å². The summed E-state index contributed by atoms with van der Waals surface area (Å²) in [7, 11) is 0. The molecule has 0 amide bonds. The van der Waals surface area contributed by atoms with E-state index in [9.17, 15) is 14.4 Å². The third-order valence-corrected chi connectivity index (χ3v) is 14.7. The highest BCUT2D eigenvalue weighted by Crippen LogP contribution is 2.17. The highest BCUT2D eigenvalue weighted by molar-refractivity contribution is 5.71. The van der Waals surface area contributed by atoms with Crippen molar-refractivity contribution in [2.45, 2.75) is 322 Å². The molecule has 1 unspecified atom stereocenters. The minimum Gasteiger partial charge on any atom is -0.462 e. The van der Waals surface area contributed by atoms with E-state index in [2.05, 4.69) is 154 Å². The van der Waals surface area contributed by atoms with Gasteiger partial charge in [-0.1, -0.05) is 315 Å². The van der Waals surface area contributed by atoms with E-state index >= 15 is 0 Å². The molecular weight excluding hydrogens is 1020 g/mol. The maximum absolute atomic E-state index is 12.9. The van der Waals surface area contributed by atoms with Crippen LogP contribution in [0.5, 0.6) is 0 Å². The van der Waals surface area contributed by atoms with Gasteiger partial charge in [0, 0.05) is 19.3 Å². The van der Waals surface area contributed by atoms with Crippen LogP contribution >= 0.6 is 0 Å². The highest BCUT2D eigenvalue weighted by atomic mass is 16.6. The molecule has 0 saturated heterocycles. The molecule has 0 saturated carbocycles. The molecule has 1 atom stereocenters. The van der Waals surface area contributed by atoms with Crippen LogP contribution in [0.1, 0.15) is 316 Å². The topological polar surface area (TPSA) is 78.9 Å². The molecule has 6 heteroatoms. The largest absolute Gasteiger partial charge is 0.462 e. The van der Waals surface area contributed by atoms with Crippen molar-refractivity contribution in [2.75, 3.05) is 13.2 Å². The van der Waals surface area contributed by atoms with E-state index in [0.29, 0.717) is 19.3 Å². The average Bonchev–Trinajstić information content (AvgIpc) is 3.49. The van der Waals surface area contributed by atoms with Crippen molar-refractivity contribution in [3.05, 3.63) is 134 Å². The van der Waals surface area contributed by atoms with Gasteiger partial charge in [-0.25, -0.2) is 0 Å². The number of rotatable bonds is 62. The summed E-state index contributed by atoms with van der Waals surface area (Å²) in [6.45, 7) is 6.38. The third-order valence-electron chi connectivity index (χ3n) is 14.7. The Morgan fingerprint density at radius 3 is 0.735 bits per heavy atom. The number of hydrogen-bond acceptors (Lipinski definition) is 6. The second-order valence-corrected chi connectivity index (χ2v) is 22.7. The van der Waals surface area contributed by atoms with Gasteiger partial charge >= 0.3 is 17.9 Å². The first-order valence-electron chi connectivity index (χ1n) is 34.7. The molecule has 0 bridgehead atoms. The zero-order chi connectivity index (χ0) is 59.9. The quantitative estimate of drug-likeness (QED) is 0.0261. The molecule has 0 aromatic rings. The van der Waals surface area contributed by atoms with E-state index < -0.39 is 6.10 Å². The maximum atomic E-state index is 12.9. The summed E-state index contributed by atoms with van der Waals surface area (Å²) in [6, 6.07) is 0. The van der Waals surface area contributed by atoms with Gasteiger partial charge < -0.3 is 14.2 Å². The lowest BCUT2D eigenvalue weighted by molar-refractivity contribution is -0.167. The fourth-order valence-electron chi connectivity index (χ4n) is 9.53. The summed E-state index contributed by atoms with van der Waals surface area (Å²) in [5, 5.41) is 0. The number of hydrogen-bond donors (Lipinski definition) is 0. The van der Waals surface area contributed by atoms with Gasteiger partial charge in [0.15, 0.2) is 6.10 Å². The van der Waals surface area contributed by atoms with E-state index in [0.717, 1.165) is 135 Å². The molecule has 0 aliphatic carbocycles. The fourth-order valence-corrected chi connectivity index (χ4v) is 9.53. The first kappa shape index (κ1) is 78.5.